The minimum atomic E-state index is -4.59. The molecule has 3 aromatic rings. The van der Waals surface area contributed by atoms with Crippen LogP contribution in [-0.4, -0.2) is 15.9 Å². The van der Waals surface area contributed by atoms with Gasteiger partial charge in [-0.25, -0.2) is 9.37 Å². The molecule has 0 saturated heterocycles. The maximum atomic E-state index is 13.1. The monoisotopic (exact) mass is 323 g/mol. The maximum Gasteiger partial charge on any atom is 0.449 e. The second-order valence-corrected chi connectivity index (χ2v) is 4.78. The molecule has 0 spiro atoms. The number of nitrogens with one attached hydrogen (secondary N) is 2. The number of carbonyl (C=O) groups is 1. The largest absolute Gasteiger partial charge is 0.449 e. The zero-order chi connectivity index (χ0) is 16.6. The number of hydrogen-bond donors (Lipinski definition) is 2. The third kappa shape index (κ3) is 3.15. The number of aromatic amines is 1. The molecule has 3 rings (SSSR count). The summed E-state index contributed by atoms with van der Waals surface area (Å²) in [7, 11) is 0. The van der Waals surface area contributed by atoms with Gasteiger partial charge in [0.1, 0.15) is 5.82 Å². The lowest BCUT2D eigenvalue weighted by atomic mass is 10.2. The Hall–Kier alpha value is -2.90. The van der Waals surface area contributed by atoms with Crippen LogP contribution in [0.25, 0.3) is 11.0 Å². The number of anilines is 1. The number of aromatic nitrogens is 2. The summed E-state index contributed by atoms with van der Waals surface area (Å²) in [6.07, 6.45) is -4.59. The molecule has 0 radical (unpaired) electrons. The molecule has 1 aromatic heterocycles. The highest BCUT2D eigenvalue weighted by Gasteiger charge is 2.34. The molecule has 1 amide bonds. The van der Waals surface area contributed by atoms with E-state index >= 15 is 0 Å². The first-order chi connectivity index (χ1) is 10.8. The fourth-order valence-corrected chi connectivity index (χ4v) is 2.05. The van der Waals surface area contributed by atoms with E-state index in [1.54, 1.807) is 0 Å². The summed E-state index contributed by atoms with van der Waals surface area (Å²) in [4.78, 5) is 17.6. The number of carbonyl (C=O) groups excluding carboxylic acids is 1. The van der Waals surface area contributed by atoms with Gasteiger partial charge in [-0.15, -0.1) is 0 Å². The normalized spacial score (nSPS) is 11.7. The van der Waals surface area contributed by atoms with Crippen LogP contribution >= 0.6 is 0 Å². The molecule has 118 valence electrons. The highest BCUT2D eigenvalue weighted by molar-refractivity contribution is 6.05. The summed E-state index contributed by atoms with van der Waals surface area (Å²) in [5.74, 6) is -2.21. The molecule has 0 aliphatic carbocycles. The Morgan fingerprint density at radius 3 is 2.61 bits per heavy atom. The Morgan fingerprint density at radius 2 is 1.91 bits per heavy atom. The van der Waals surface area contributed by atoms with Crippen molar-refractivity contribution in [3.05, 3.63) is 59.7 Å². The van der Waals surface area contributed by atoms with Crippen molar-refractivity contribution in [2.75, 3.05) is 5.32 Å². The Balaban J connectivity index is 1.89. The second-order valence-electron chi connectivity index (χ2n) is 4.78. The summed E-state index contributed by atoms with van der Waals surface area (Å²) in [5, 5.41) is 2.47. The van der Waals surface area contributed by atoms with Crippen LogP contribution in [-0.2, 0) is 6.18 Å². The van der Waals surface area contributed by atoms with Crippen LogP contribution in [0.5, 0.6) is 0 Å². The van der Waals surface area contributed by atoms with Gasteiger partial charge in [-0.1, -0.05) is 6.07 Å². The van der Waals surface area contributed by atoms with E-state index in [2.05, 4.69) is 15.3 Å². The minimum Gasteiger partial charge on any atom is -0.334 e. The van der Waals surface area contributed by atoms with Gasteiger partial charge in [0, 0.05) is 11.3 Å². The van der Waals surface area contributed by atoms with Crippen LogP contribution in [0.1, 0.15) is 16.2 Å². The molecule has 0 aliphatic rings. The van der Waals surface area contributed by atoms with Crippen molar-refractivity contribution in [2.45, 2.75) is 6.18 Å². The van der Waals surface area contributed by atoms with Crippen molar-refractivity contribution in [3.8, 4) is 0 Å². The van der Waals surface area contributed by atoms with Gasteiger partial charge < -0.3 is 10.3 Å². The molecule has 0 saturated carbocycles. The number of halogens is 4. The van der Waals surface area contributed by atoms with Crippen molar-refractivity contribution in [2.24, 2.45) is 0 Å². The first kappa shape index (κ1) is 15.0. The summed E-state index contributed by atoms with van der Waals surface area (Å²) in [6, 6.07) is 9.20. The maximum absolute atomic E-state index is 13.1. The van der Waals surface area contributed by atoms with Gasteiger partial charge in [0.05, 0.1) is 11.0 Å². The van der Waals surface area contributed by atoms with Crippen LogP contribution in [0, 0.1) is 5.82 Å². The zero-order valence-corrected chi connectivity index (χ0v) is 11.4. The Labute approximate surface area is 127 Å². The third-order valence-electron chi connectivity index (χ3n) is 3.10. The standard InChI is InChI=1S/C15H9F4N3O/c16-9-2-1-3-10(7-9)20-13(23)8-4-5-11-12(6-8)22-14(21-11)15(17,18)19/h1-7H,(H,20,23)(H,21,22). The number of fused-ring (bicyclic) bond motifs is 1. The van der Waals surface area contributed by atoms with E-state index in [1.165, 1.54) is 36.4 Å². The first-order valence-corrected chi connectivity index (χ1v) is 6.47. The Bertz CT molecular complexity index is 886. The number of alkyl halides is 3. The van der Waals surface area contributed by atoms with E-state index in [-0.39, 0.29) is 22.3 Å². The van der Waals surface area contributed by atoms with Crippen molar-refractivity contribution >= 4 is 22.6 Å². The number of hydrogen-bond acceptors (Lipinski definition) is 2. The topological polar surface area (TPSA) is 57.8 Å². The highest BCUT2D eigenvalue weighted by Crippen LogP contribution is 2.28. The van der Waals surface area contributed by atoms with Gasteiger partial charge in [-0.2, -0.15) is 13.2 Å². The van der Waals surface area contributed by atoms with Gasteiger partial charge in [-0.05, 0) is 36.4 Å². The van der Waals surface area contributed by atoms with Gasteiger partial charge in [0.2, 0.25) is 5.82 Å². The smallest absolute Gasteiger partial charge is 0.334 e. The van der Waals surface area contributed by atoms with E-state index in [9.17, 15) is 22.4 Å². The lowest BCUT2D eigenvalue weighted by molar-refractivity contribution is -0.144. The van der Waals surface area contributed by atoms with E-state index in [0.717, 1.165) is 6.07 Å². The lowest BCUT2D eigenvalue weighted by Gasteiger charge is -2.05. The first-order valence-electron chi connectivity index (χ1n) is 6.47. The van der Waals surface area contributed by atoms with Gasteiger partial charge in [0.25, 0.3) is 5.91 Å². The van der Waals surface area contributed by atoms with Gasteiger partial charge in [-0.3, -0.25) is 4.79 Å². The third-order valence-corrected chi connectivity index (χ3v) is 3.10. The van der Waals surface area contributed by atoms with Crippen LogP contribution in [0.2, 0.25) is 0 Å². The average molecular weight is 323 g/mol. The molecule has 0 fully saturated rings. The molecular weight excluding hydrogens is 314 g/mol. The summed E-state index contributed by atoms with van der Waals surface area (Å²) < 4.78 is 50.9. The van der Waals surface area contributed by atoms with Gasteiger partial charge >= 0.3 is 6.18 Å². The molecule has 23 heavy (non-hydrogen) atoms. The van der Waals surface area contributed by atoms with E-state index < -0.39 is 23.7 Å². The molecule has 2 aromatic carbocycles. The predicted molar refractivity (Wildman–Crippen MR) is 75.4 cm³/mol. The minimum absolute atomic E-state index is 0.0872. The number of H-pyrrole nitrogens is 1. The number of nitrogens with zero attached hydrogens (tertiary/aromatic N) is 1. The molecule has 0 unspecified atom stereocenters. The van der Waals surface area contributed by atoms with E-state index in [0.29, 0.717) is 0 Å². The molecule has 8 heteroatoms. The molecule has 0 aliphatic heterocycles. The van der Waals surface area contributed by atoms with Crippen molar-refractivity contribution in [3.63, 3.8) is 0 Å². The molecule has 0 atom stereocenters. The van der Waals surface area contributed by atoms with Crippen LogP contribution in [0.4, 0.5) is 23.2 Å². The summed E-state index contributed by atoms with van der Waals surface area (Å²) >= 11 is 0. The summed E-state index contributed by atoms with van der Waals surface area (Å²) in [5.41, 5.74) is 0.554. The molecule has 0 bridgehead atoms. The second kappa shape index (κ2) is 5.38. The van der Waals surface area contributed by atoms with Crippen molar-refractivity contribution in [1.29, 1.82) is 0 Å². The summed E-state index contributed by atoms with van der Waals surface area (Å²) in [6.45, 7) is 0. The predicted octanol–water partition coefficient (Wildman–Crippen LogP) is 3.97. The quantitative estimate of drug-likeness (QED) is 0.701. The van der Waals surface area contributed by atoms with E-state index in [4.69, 9.17) is 0 Å². The van der Waals surface area contributed by atoms with Gasteiger partial charge in [0.15, 0.2) is 0 Å². The number of amides is 1. The highest BCUT2D eigenvalue weighted by atomic mass is 19.4. The van der Waals surface area contributed by atoms with Crippen LogP contribution < -0.4 is 5.32 Å². The lowest BCUT2D eigenvalue weighted by Crippen LogP contribution is -2.11. The SMILES string of the molecule is O=C(Nc1cccc(F)c1)c1ccc2nc(C(F)(F)F)[nH]c2c1. The number of benzene rings is 2. The fourth-order valence-electron chi connectivity index (χ4n) is 2.05. The number of imidazole rings is 1. The van der Waals surface area contributed by atoms with E-state index in [1.807, 2.05) is 0 Å². The molecule has 2 N–H and O–H groups in total. The Kier molecular flexibility index (Phi) is 3.51. The zero-order valence-electron chi connectivity index (χ0n) is 11.4. The van der Waals surface area contributed by atoms with Crippen molar-refractivity contribution in [1.82, 2.24) is 9.97 Å². The number of rotatable bonds is 2. The molecular formula is C15H9F4N3O. The molecule has 4 nitrogen and oxygen atoms in total. The Morgan fingerprint density at radius 1 is 1.13 bits per heavy atom. The molecule has 1 heterocycles. The van der Waals surface area contributed by atoms with Crippen LogP contribution in [0.15, 0.2) is 42.5 Å². The average Bonchev–Trinajstić information content (AvgIpc) is 2.90. The van der Waals surface area contributed by atoms with Crippen LogP contribution in [0.3, 0.4) is 0 Å². The van der Waals surface area contributed by atoms with Crippen molar-refractivity contribution < 1.29 is 22.4 Å². The fraction of sp³-hybridized carbons (Fsp3) is 0.0667.